The van der Waals surface area contributed by atoms with Crippen LogP contribution in [0.1, 0.15) is 45.1 Å². The number of anilines is 2. The standard InChI is InChI=1S/C37H48N4O4S/c1-5-22-39(26-27-14-10-9-11-15-27)34(43)31-30-20-21-37(46-30)32(31)35(44)41(24-12-13-25-42)33(37)36(45)40(23-6-2)29-18-16-28(17-19-29)38(7-3)8-4/h5-6,9-11,14-19,30-33,42H,1-2,7-8,12-13,20-26H2,3-4H3/t30-,31+,32+,33?,37?/m1/s1. The van der Waals surface area contributed by atoms with E-state index in [0.29, 0.717) is 45.4 Å². The molecule has 46 heavy (non-hydrogen) atoms. The molecule has 0 saturated carbocycles. The van der Waals surface area contributed by atoms with Crippen LogP contribution in [0, 0.1) is 11.8 Å². The Morgan fingerprint density at radius 3 is 2.28 bits per heavy atom. The summed E-state index contributed by atoms with van der Waals surface area (Å²) in [5.74, 6) is -1.37. The van der Waals surface area contributed by atoms with Crippen molar-refractivity contribution in [2.45, 2.75) is 62.1 Å². The molecular formula is C37H48N4O4S. The molecule has 0 aliphatic carbocycles. The molecule has 3 aliphatic heterocycles. The largest absolute Gasteiger partial charge is 0.396 e. The SMILES string of the molecule is C=CCN(Cc1ccccc1)C(=O)[C@@H]1[C@H]2C(=O)N(CCCCO)C(C(=O)N(CC=C)c3ccc(N(CC)CC)cc3)C23CC[C@H]1S3. The minimum Gasteiger partial charge on any atom is -0.396 e. The number of carbonyl (C=O) groups excluding carboxylic acids is 3. The predicted octanol–water partition coefficient (Wildman–Crippen LogP) is 5.13. The van der Waals surface area contributed by atoms with E-state index in [2.05, 4.69) is 31.9 Å². The molecule has 2 aromatic carbocycles. The molecule has 2 bridgehead atoms. The van der Waals surface area contributed by atoms with Crippen molar-refractivity contribution in [2.75, 3.05) is 49.1 Å². The van der Waals surface area contributed by atoms with Crippen LogP contribution in [0.3, 0.4) is 0 Å². The molecule has 3 aliphatic rings. The van der Waals surface area contributed by atoms with Crippen LogP contribution >= 0.6 is 11.8 Å². The monoisotopic (exact) mass is 644 g/mol. The Kier molecular flexibility index (Phi) is 10.9. The van der Waals surface area contributed by atoms with Gasteiger partial charge in [0.2, 0.25) is 11.8 Å². The lowest BCUT2D eigenvalue weighted by molar-refractivity contribution is -0.144. The molecule has 3 heterocycles. The molecule has 2 unspecified atom stereocenters. The van der Waals surface area contributed by atoms with Crippen LogP contribution in [0.4, 0.5) is 11.4 Å². The number of hydrogen-bond acceptors (Lipinski definition) is 6. The number of rotatable bonds is 16. The molecule has 3 amide bonds. The van der Waals surface area contributed by atoms with Crippen LogP contribution in [0.15, 0.2) is 79.9 Å². The van der Waals surface area contributed by atoms with E-state index < -0.39 is 22.6 Å². The zero-order valence-electron chi connectivity index (χ0n) is 27.2. The van der Waals surface area contributed by atoms with E-state index in [-0.39, 0.29) is 29.6 Å². The first-order valence-electron chi connectivity index (χ1n) is 16.6. The van der Waals surface area contributed by atoms with Crippen molar-refractivity contribution in [3.8, 4) is 0 Å². The third-order valence-corrected chi connectivity index (χ3v) is 11.8. The van der Waals surface area contributed by atoms with Gasteiger partial charge in [-0.3, -0.25) is 14.4 Å². The predicted molar refractivity (Wildman–Crippen MR) is 187 cm³/mol. The van der Waals surface area contributed by atoms with Crippen molar-refractivity contribution < 1.29 is 19.5 Å². The van der Waals surface area contributed by atoms with E-state index >= 15 is 0 Å². The van der Waals surface area contributed by atoms with Gasteiger partial charge in [-0.1, -0.05) is 42.5 Å². The maximum atomic E-state index is 14.8. The zero-order valence-corrected chi connectivity index (χ0v) is 28.0. The second kappa shape index (κ2) is 14.9. The normalized spacial score (nSPS) is 24.5. The van der Waals surface area contributed by atoms with E-state index in [1.807, 2.05) is 59.5 Å². The van der Waals surface area contributed by atoms with Crippen LogP contribution in [0.25, 0.3) is 0 Å². The summed E-state index contributed by atoms with van der Waals surface area (Å²) in [6, 6.07) is 17.2. The van der Waals surface area contributed by atoms with Crippen molar-refractivity contribution in [1.29, 1.82) is 0 Å². The van der Waals surface area contributed by atoms with Gasteiger partial charge in [-0.25, -0.2) is 0 Å². The Bertz CT molecular complexity index is 1400. The molecule has 5 atom stereocenters. The van der Waals surface area contributed by atoms with E-state index in [4.69, 9.17) is 0 Å². The third-order valence-electron chi connectivity index (χ3n) is 9.87. The van der Waals surface area contributed by atoms with Gasteiger partial charge in [0.15, 0.2) is 0 Å². The number of amides is 3. The highest BCUT2D eigenvalue weighted by Crippen LogP contribution is 2.66. The molecule has 1 spiro atoms. The lowest BCUT2D eigenvalue weighted by Gasteiger charge is -2.37. The summed E-state index contributed by atoms with van der Waals surface area (Å²) in [5, 5.41) is 9.51. The van der Waals surface area contributed by atoms with Gasteiger partial charge in [0, 0.05) is 62.5 Å². The molecule has 3 saturated heterocycles. The molecule has 1 N–H and O–H groups in total. The summed E-state index contributed by atoms with van der Waals surface area (Å²) in [4.78, 5) is 51.3. The molecule has 2 aromatic rings. The number of carbonyl (C=O) groups is 3. The fourth-order valence-electron chi connectivity index (χ4n) is 7.78. The highest BCUT2D eigenvalue weighted by molar-refractivity contribution is 8.02. The Morgan fingerprint density at radius 1 is 0.978 bits per heavy atom. The van der Waals surface area contributed by atoms with Gasteiger partial charge in [0.05, 0.1) is 16.6 Å². The van der Waals surface area contributed by atoms with Gasteiger partial charge in [-0.05, 0) is 69.4 Å². The summed E-state index contributed by atoms with van der Waals surface area (Å²) in [6.45, 7) is 15.4. The molecule has 9 heteroatoms. The first-order chi connectivity index (χ1) is 22.3. The molecule has 5 rings (SSSR count). The fourth-order valence-corrected chi connectivity index (χ4v) is 9.99. The second-order valence-electron chi connectivity index (χ2n) is 12.4. The molecule has 246 valence electrons. The number of aliphatic hydroxyl groups is 1. The van der Waals surface area contributed by atoms with Gasteiger partial charge in [-0.15, -0.1) is 24.9 Å². The minimum absolute atomic E-state index is 0.0185. The number of unbranched alkanes of at least 4 members (excludes halogenated alkanes) is 1. The summed E-state index contributed by atoms with van der Waals surface area (Å²) < 4.78 is -0.689. The molecular weight excluding hydrogens is 596 g/mol. The van der Waals surface area contributed by atoms with Gasteiger partial charge in [0.1, 0.15) is 6.04 Å². The minimum atomic E-state index is -0.708. The first kappa shape index (κ1) is 33.8. The maximum absolute atomic E-state index is 14.8. The van der Waals surface area contributed by atoms with Gasteiger partial charge < -0.3 is 24.7 Å². The van der Waals surface area contributed by atoms with Crippen LogP contribution in [0.2, 0.25) is 0 Å². The van der Waals surface area contributed by atoms with E-state index in [0.717, 1.165) is 36.4 Å². The van der Waals surface area contributed by atoms with Crippen molar-refractivity contribution in [3.63, 3.8) is 0 Å². The van der Waals surface area contributed by atoms with Crippen LogP contribution in [0.5, 0.6) is 0 Å². The Hall–Kier alpha value is -3.56. The van der Waals surface area contributed by atoms with Crippen molar-refractivity contribution >= 4 is 40.9 Å². The second-order valence-corrected chi connectivity index (χ2v) is 14.0. The summed E-state index contributed by atoms with van der Waals surface area (Å²) >= 11 is 1.69. The number of nitrogens with zero attached hydrogens (tertiary/aromatic N) is 4. The number of fused-ring (bicyclic) bond motifs is 1. The van der Waals surface area contributed by atoms with Crippen LogP contribution < -0.4 is 9.80 Å². The smallest absolute Gasteiger partial charge is 0.251 e. The highest BCUT2D eigenvalue weighted by atomic mass is 32.2. The van der Waals surface area contributed by atoms with Crippen molar-refractivity contribution in [2.24, 2.45) is 11.8 Å². The molecule has 0 radical (unpaired) electrons. The lowest BCUT2D eigenvalue weighted by atomic mass is 9.70. The molecule has 8 nitrogen and oxygen atoms in total. The third kappa shape index (κ3) is 6.24. The van der Waals surface area contributed by atoms with Crippen LogP contribution in [-0.2, 0) is 20.9 Å². The Labute approximate surface area is 278 Å². The van der Waals surface area contributed by atoms with Crippen molar-refractivity contribution in [3.05, 3.63) is 85.5 Å². The Morgan fingerprint density at radius 2 is 1.65 bits per heavy atom. The quantitative estimate of drug-likeness (QED) is 0.202. The van der Waals surface area contributed by atoms with E-state index in [9.17, 15) is 19.5 Å². The lowest BCUT2D eigenvalue weighted by Crippen LogP contribution is -2.55. The maximum Gasteiger partial charge on any atom is 0.251 e. The first-order valence-corrected chi connectivity index (χ1v) is 17.5. The molecule has 0 aromatic heterocycles. The Balaban J connectivity index is 1.49. The number of likely N-dealkylation sites (tertiary alicyclic amines) is 1. The van der Waals surface area contributed by atoms with Crippen molar-refractivity contribution in [1.82, 2.24) is 9.80 Å². The van der Waals surface area contributed by atoms with E-state index in [1.54, 1.807) is 33.7 Å². The summed E-state index contributed by atoms with van der Waals surface area (Å²) in [6.07, 6.45) is 6.07. The summed E-state index contributed by atoms with van der Waals surface area (Å²) in [7, 11) is 0. The number of hydrogen-bond donors (Lipinski definition) is 1. The number of aliphatic hydroxyl groups excluding tert-OH is 1. The highest BCUT2D eigenvalue weighted by Gasteiger charge is 2.74. The van der Waals surface area contributed by atoms with E-state index in [1.165, 1.54) is 0 Å². The van der Waals surface area contributed by atoms with Gasteiger partial charge in [-0.2, -0.15) is 0 Å². The average molecular weight is 645 g/mol. The number of thioether (sulfide) groups is 1. The summed E-state index contributed by atoms with van der Waals surface area (Å²) in [5.41, 5.74) is 2.87. The number of benzene rings is 2. The van der Waals surface area contributed by atoms with Gasteiger partial charge >= 0.3 is 0 Å². The van der Waals surface area contributed by atoms with Crippen LogP contribution in [-0.4, -0.2) is 88.0 Å². The fraction of sp³-hybridized carbons (Fsp3) is 0.486. The molecule has 3 fully saturated rings. The van der Waals surface area contributed by atoms with Gasteiger partial charge in [0.25, 0.3) is 5.91 Å². The topological polar surface area (TPSA) is 84.4 Å². The average Bonchev–Trinajstić information content (AvgIpc) is 3.72. The zero-order chi connectivity index (χ0) is 32.8.